The minimum absolute atomic E-state index is 0.111. The van der Waals surface area contributed by atoms with Crippen LogP contribution in [0.15, 0.2) is 81.8 Å². The van der Waals surface area contributed by atoms with Crippen LogP contribution in [0.2, 0.25) is 0 Å². The number of ketones is 1. The van der Waals surface area contributed by atoms with Crippen LogP contribution < -0.4 is 5.32 Å². The van der Waals surface area contributed by atoms with Crippen molar-refractivity contribution < 1.29 is 18.8 Å². The molecule has 2 aromatic rings. The molecule has 0 saturated carbocycles. The van der Waals surface area contributed by atoms with Crippen LogP contribution >= 0.6 is 0 Å². The standard InChI is InChI=1S/C23H18N2O4/c1-13-20(21(25-29-13)14-6-3-2-4-7-14)22(26)15-10-17-16-8-5-9-28-19(17)12-24-23(27)18(16)11-15/h2-7,9-11,16H,8,12H2,1H3,(H,24,27). The van der Waals surface area contributed by atoms with Crippen LogP contribution in [0.5, 0.6) is 0 Å². The van der Waals surface area contributed by atoms with Crippen molar-refractivity contribution in [3.63, 3.8) is 0 Å². The molecule has 0 saturated heterocycles. The number of nitrogens with one attached hydrogen (secondary N) is 1. The average molecular weight is 386 g/mol. The van der Waals surface area contributed by atoms with Gasteiger partial charge in [0.15, 0.2) is 5.78 Å². The second kappa shape index (κ2) is 6.74. The summed E-state index contributed by atoms with van der Waals surface area (Å²) in [5, 5.41) is 6.97. The van der Waals surface area contributed by atoms with Gasteiger partial charge in [-0.1, -0.05) is 35.5 Å². The number of carbonyl (C=O) groups excluding carboxylic acids is 2. The van der Waals surface area contributed by atoms with Crippen molar-refractivity contribution in [2.75, 3.05) is 6.54 Å². The summed E-state index contributed by atoms with van der Waals surface area (Å²) in [6, 6.07) is 9.44. The van der Waals surface area contributed by atoms with E-state index in [-0.39, 0.29) is 17.6 Å². The number of Topliss-reactive ketones (excluding diaryl/α,β-unsaturated/α-hetero) is 1. The first-order valence-electron chi connectivity index (χ1n) is 9.46. The Morgan fingerprint density at radius 1 is 1.21 bits per heavy atom. The minimum Gasteiger partial charge on any atom is -0.467 e. The zero-order valence-electron chi connectivity index (χ0n) is 15.8. The van der Waals surface area contributed by atoms with Crippen LogP contribution in [0, 0.1) is 12.8 Å². The van der Waals surface area contributed by atoms with Gasteiger partial charge in [0.1, 0.15) is 17.2 Å². The minimum atomic E-state index is -0.225. The lowest BCUT2D eigenvalue weighted by Gasteiger charge is -2.22. The van der Waals surface area contributed by atoms with E-state index in [0.717, 1.165) is 11.1 Å². The van der Waals surface area contributed by atoms with Gasteiger partial charge >= 0.3 is 0 Å². The second-order valence-corrected chi connectivity index (χ2v) is 7.20. The van der Waals surface area contributed by atoms with Crippen LogP contribution in [-0.4, -0.2) is 23.4 Å². The first-order valence-corrected chi connectivity index (χ1v) is 9.46. The van der Waals surface area contributed by atoms with Gasteiger partial charge in [-0.3, -0.25) is 9.59 Å². The monoisotopic (exact) mass is 386 g/mol. The van der Waals surface area contributed by atoms with Gasteiger partial charge in [-0.25, -0.2) is 0 Å². The van der Waals surface area contributed by atoms with Crippen molar-refractivity contribution in [1.29, 1.82) is 0 Å². The largest absolute Gasteiger partial charge is 0.467 e. The van der Waals surface area contributed by atoms with E-state index in [1.165, 1.54) is 0 Å². The van der Waals surface area contributed by atoms with Crippen LogP contribution in [0.4, 0.5) is 0 Å². The number of nitrogens with zero attached hydrogens (tertiary/aromatic N) is 1. The highest BCUT2D eigenvalue weighted by molar-refractivity contribution is 6.16. The molecule has 29 heavy (non-hydrogen) atoms. The predicted molar refractivity (Wildman–Crippen MR) is 106 cm³/mol. The van der Waals surface area contributed by atoms with Crippen molar-refractivity contribution in [2.45, 2.75) is 13.3 Å². The highest BCUT2D eigenvalue weighted by atomic mass is 16.5. The molecule has 1 aromatic heterocycles. The molecule has 1 unspecified atom stereocenters. The normalized spacial score (nSPS) is 20.2. The molecule has 1 aromatic carbocycles. The number of allylic oxidation sites excluding steroid dienone is 5. The van der Waals surface area contributed by atoms with Crippen molar-refractivity contribution in [2.24, 2.45) is 5.92 Å². The Morgan fingerprint density at radius 2 is 2.03 bits per heavy atom. The Labute approximate surface area is 167 Å². The summed E-state index contributed by atoms with van der Waals surface area (Å²) in [6.45, 7) is 2.02. The van der Waals surface area contributed by atoms with Crippen molar-refractivity contribution in [3.05, 3.63) is 88.6 Å². The maximum Gasteiger partial charge on any atom is 0.248 e. The van der Waals surface area contributed by atoms with Crippen molar-refractivity contribution in [1.82, 2.24) is 10.5 Å². The summed E-state index contributed by atoms with van der Waals surface area (Å²) in [6.07, 6.45) is 7.72. The lowest BCUT2D eigenvalue weighted by molar-refractivity contribution is -0.117. The summed E-state index contributed by atoms with van der Waals surface area (Å²) >= 11 is 0. The third kappa shape index (κ3) is 2.84. The van der Waals surface area contributed by atoms with E-state index in [2.05, 4.69) is 10.5 Å². The fourth-order valence-electron chi connectivity index (χ4n) is 4.00. The molecule has 144 valence electrons. The number of carbonyl (C=O) groups is 2. The summed E-state index contributed by atoms with van der Waals surface area (Å²) in [7, 11) is 0. The average Bonchev–Trinajstić information content (AvgIpc) is 2.98. The lowest BCUT2D eigenvalue weighted by atomic mass is 9.80. The molecular weight excluding hydrogens is 368 g/mol. The number of benzene rings is 1. The molecule has 0 radical (unpaired) electrons. The number of rotatable bonds is 3. The van der Waals surface area contributed by atoms with Crippen molar-refractivity contribution >= 4 is 11.7 Å². The topological polar surface area (TPSA) is 81.4 Å². The first-order chi connectivity index (χ1) is 14.1. The fourth-order valence-corrected chi connectivity index (χ4v) is 4.00. The molecule has 0 fully saturated rings. The molecule has 5 rings (SSSR count). The molecule has 6 nitrogen and oxygen atoms in total. The van der Waals surface area contributed by atoms with Gasteiger partial charge < -0.3 is 14.6 Å². The van der Waals surface area contributed by atoms with Gasteiger partial charge in [0.25, 0.3) is 0 Å². The van der Waals surface area contributed by atoms with Gasteiger partial charge in [-0.15, -0.1) is 0 Å². The Hall–Kier alpha value is -3.67. The molecular formula is C23H18N2O4. The van der Waals surface area contributed by atoms with E-state index in [0.29, 0.717) is 46.9 Å². The van der Waals surface area contributed by atoms with Gasteiger partial charge in [0, 0.05) is 28.2 Å². The Bertz CT molecular complexity index is 1150. The first kappa shape index (κ1) is 17.4. The van der Waals surface area contributed by atoms with Crippen LogP contribution in [0.25, 0.3) is 11.3 Å². The maximum absolute atomic E-state index is 13.5. The molecule has 3 heterocycles. The molecule has 4 bridgehead atoms. The van der Waals surface area contributed by atoms with E-state index < -0.39 is 0 Å². The lowest BCUT2D eigenvalue weighted by Crippen LogP contribution is -2.28. The highest BCUT2D eigenvalue weighted by Gasteiger charge is 2.35. The molecule has 3 aliphatic rings. The molecule has 1 aliphatic carbocycles. The van der Waals surface area contributed by atoms with Crippen LogP contribution in [-0.2, 0) is 9.53 Å². The smallest absolute Gasteiger partial charge is 0.248 e. The third-order valence-electron chi connectivity index (χ3n) is 5.44. The van der Waals surface area contributed by atoms with E-state index in [4.69, 9.17) is 9.26 Å². The molecule has 1 atom stereocenters. The number of hydrogen-bond acceptors (Lipinski definition) is 5. The quantitative estimate of drug-likeness (QED) is 0.815. The van der Waals surface area contributed by atoms with E-state index in [9.17, 15) is 9.59 Å². The van der Waals surface area contributed by atoms with Gasteiger partial charge in [-0.05, 0) is 31.6 Å². The maximum atomic E-state index is 13.5. The number of aryl methyl sites for hydroxylation is 1. The summed E-state index contributed by atoms with van der Waals surface area (Å²) in [4.78, 5) is 26.1. The van der Waals surface area contributed by atoms with Crippen LogP contribution in [0.1, 0.15) is 22.5 Å². The predicted octanol–water partition coefficient (Wildman–Crippen LogP) is 3.63. The SMILES string of the molecule is Cc1onc(-c2ccccc2)c1C(=O)C1=CC2=C3CNC(=O)C(=C1)C2CC=CO3. The Balaban J connectivity index is 1.63. The van der Waals surface area contributed by atoms with Crippen molar-refractivity contribution in [3.8, 4) is 11.3 Å². The summed E-state index contributed by atoms with van der Waals surface area (Å²) in [5.74, 6) is 0.595. The highest BCUT2D eigenvalue weighted by Crippen LogP contribution is 2.39. The number of aromatic nitrogens is 1. The summed E-state index contributed by atoms with van der Waals surface area (Å²) in [5.41, 5.74) is 3.57. The third-order valence-corrected chi connectivity index (χ3v) is 5.44. The van der Waals surface area contributed by atoms with E-state index in [1.807, 2.05) is 42.5 Å². The van der Waals surface area contributed by atoms with Gasteiger partial charge in [-0.2, -0.15) is 0 Å². The van der Waals surface area contributed by atoms with E-state index >= 15 is 0 Å². The van der Waals surface area contributed by atoms with Crippen LogP contribution in [0.3, 0.4) is 0 Å². The number of hydrogen-bond donors (Lipinski definition) is 1. The van der Waals surface area contributed by atoms with Gasteiger partial charge in [0.2, 0.25) is 5.91 Å². The summed E-state index contributed by atoms with van der Waals surface area (Å²) < 4.78 is 11.0. The number of ether oxygens (including phenoxy) is 1. The second-order valence-electron chi connectivity index (χ2n) is 7.20. The van der Waals surface area contributed by atoms with E-state index in [1.54, 1.807) is 19.3 Å². The number of amides is 1. The molecule has 1 N–H and O–H groups in total. The molecule has 1 amide bonds. The zero-order chi connectivity index (χ0) is 20.0. The fraction of sp³-hybridized carbons (Fsp3) is 0.174. The zero-order valence-corrected chi connectivity index (χ0v) is 15.8. The Morgan fingerprint density at radius 3 is 2.86 bits per heavy atom. The molecule has 2 aliphatic heterocycles. The van der Waals surface area contributed by atoms with Gasteiger partial charge in [0.05, 0.1) is 18.4 Å². The Kier molecular flexibility index (Phi) is 4.05. The molecule has 6 heteroatoms. The molecule has 0 spiro atoms.